The largest absolute Gasteiger partial charge is 0.346 e. The molecule has 5 heteroatoms. The fourth-order valence-electron chi connectivity index (χ4n) is 3.09. The summed E-state index contributed by atoms with van der Waals surface area (Å²) in [5.41, 5.74) is 9.68. The zero-order valence-corrected chi connectivity index (χ0v) is 14.8. The zero-order valence-electron chi connectivity index (χ0n) is 14.8. The van der Waals surface area contributed by atoms with E-state index in [0.29, 0.717) is 11.6 Å². The van der Waals surface area contributed by atoms with Gasteiger partial charge in [0.25, 0.3) is 11.8 Å². The summed E-state index contributed by atoms with van der Waals surface area (Å²) in [5, 5.41) is 0. The van der Waals surface area contributed by atoms with Crippen molar-refractivity contribution in [1.82, 2.24) is 15.4 Å². The first-order valence-electron chi connectivity index (χ1n) is 8.50. The van der Waals surface area contributed by atoms with E-state index in [-0.39, 0.29) is 11.8 Å². The van der Waals surface area contributed by atoms with Crippen molar-refractivity contribution in [3.8, 4) is 0 Å². The van der Waals surface area contributed by atoms with Gasteiger partial charge in [0.05, 0.1) is 0 Å². The Morgan fingerprint density at radius 1 is 1.12 bits per heavy atom. The standard InChI is InChI=1S/C20H23N3O2/c1-13-6-4-5-7-18(13)20(25)22-21-19(24)11-8-16-12-14(2)23(15(16)3)17-9-10-17/h4-8,11-12,17H,9-10H2,1-3H3,(H,21,24)(H,22,25)/b11-8+. The third-order valence-corrected chi connectivity index (χ3v) is 4.54. The first-order valence-corrected chi connectivity index (χ1v) is 8.50. The average molecular weight is 337 g/mol. The Hall–Kier alpha value is -2.82. The topological polar surface area (TPSA) is 63.1 Å². The number of benzene rings is 1. The molecule has 5 nitrogen and oxygen atoms in total. The summed E-state index contributed by atoms with van der Waals surface area (Å²) in [5.74, 6) is -0.690. The molecule has 3 rings (SSSR count). The van der Waals surface area contributed by atoms with Gasteiger partial charge in [0.15, 0.2) is 0 Å². The maximum atomic E-state index is 12.1. The van der Waals surface area contributed by atoms with Crippen molar-refractivity contribution in [2.75, 3.05) is 0 Å². The number of hydrazine groups is 1. The lowest BCUT2D eigenvalue weighted by molar-refractivity contribution is -0.117. The number of hydrogen-bond donors (Lipinski definition) is 2. The molecule has 0 spiro atoms. The zero-order chi connectivity index (χ0) is 18.0. The molecule has 1 aliphatic rings. The van der Waals surface area contributed by atoms with Gasteiger partial charge in [-0.15, -0.1) is 0 Å². The highest BCUT2D eigenvalue weighted by Gasteiger charge is 2.26. The Bertz CT molecular complexity index is 845. The van der Waals surface area contributed by atoms with Crippen LogP contribution in [-0.4, -0.2) is 16.4 Å². The molecule has 0 atom stereocenters. The minimum Gasteiger partial charge on any atom is -0.346 e. The molecule has 1 fully saturated rings. The molecular formula is C20H23N3O2. The molecule has 2 aromatic rings. The predicted octanol–water partition coefficient (Wildman–Crippen LogP) is 3.22. The van der Waals surface area contributed by atoms with E-state index in [2.05, 4.69) is 35.3 Å². The molecule has 0 aliphatic heterocycles. The Morgan fingerprint density at radius 3 is 2.52 bits per heavy atom. The Morgan fingerprint density at radius 2 is 1.84 bits per heavy atom. The van der Waals surface area contributed by atoms with E-state index >= 15 is 0 Å². The van der Waals surface area contributed by atoms with Gasteiger partial charge in [-0.25, -0.2) is 0 Å². The van der Waals surface area contributed by atoms with Crippen LogP contribution in [0, 0.1) is 20.8 Å². The first kappa shape index (κ1) is 17.0. The second kappa shape index (κ2) is 6.97. The van der Waals surface area contributed by atoms with Crippen molar-refractivity contribution in [2.24, 2.45) is 0 Å². The number of nitrogens with one attached hydrogen (secondary N) is 2. The van der Waals surface area contributed by atoms with E-state index in [4.69, 9.17) is 0 Å². The lowest BCUT2D eigenvalue weighted by Crippen LogP contribution is -2.41. The van der Waals surface area contributed by atoms with Gasteiger partial charge in [0, 0.05) is 29.1 Å². The Kier molecular flexibility index (Phi) is 4.74. The predicted molar refractivity (Wildman–Crippen MR) is 98.0 cm³/mol. The fourth-order valence-corrected chi connectivity index (χ4v) is 3.09. The molecule has 0 saturated heterocycles. The Labute approximate surface area is 147 Å². The molecule has 2 amide bonds. The maximum Gasteiger partial charge on any atom is 0.269 e. The highest BCUT2D eigenvalue weighted by atomic mass is 16.2. The molecule has 1 aromatic carbocycles. The number of carbonyl (C=O) groups excluding carboxylic acids is 2. The maximum absolute atomic E-state index is 12.1. The molecule has 0 unspecified atom stereocenters. The number of aromatic nitrogens is 1. The SMILES string of the molecule is Cc1ccccc1C(=O)NNC(=O)/C=C/c1cc(C)n(C2CC2)c1C. The molecular weight excluding hydrogens is 314 g/mol. The molecule has 0 radical (unpaired) electrons. The molecule has 2 N–H and O–H groups in total. The highest BCUT2D eigenvalue weighted by molar-refractivity contribution is 5.98. The molecule has 1 saturated carbocycles. The number of rotatable bonds is 4. The highest BCUT2D eigenvalue weighted by Crippen LogP contribution is 2.38. The van der Waals surface area contributed by atoms with E-state index in [1.807, 2.05) is 19.1 Å². The van der Waals surface area contributed by atoms with Gasteiger partial charge in [-0.05, 0) is 62.9 Å². The number of aryl methyl sites for hydroxylation is 2. The molecule has 1 aromatic heterocycles. The van der Waals surface area contributed by atoms with Crippen LogP contribution in [0.3, 0.4) is 0 Å². The summed E-state index contributed by atoms with van der Waals surface area (Å²) < 4.78 is 2.33. The van der Waals surface area contributed by atoms with Gasteiger partial charge in [-0.1, -0.05) is 18.2 Å². The van der Waals surface area contributed by atoms with Crippen molar-refractivity contribution in [3.05, 3.63) is 64.5 Å². The quantitative estimate of drug-likeness (QED) is 0.665. The smallest absolute Gasteiger partial charge is 0.269 e. The summed E-state index contributed by atoms with van der Waals surface area (Å²) in [4.78, 5) is 24.0. The first-order chi connectivity index (χ1) is 12.0. The van der Waals surface area contributed by atoms with Crippen LogP contribution in [0.4, 0.5) is 0 Å². The van der Waals surface area contributed by atoms with E-state index < -0.39 is 0 Å². The second-order valence-electron chi connectivity index (χ2n) is 6.52. The third-order valence-electron chi connectivity index (χ3n) is 4.54. The van der Waals surface area contributed by atoms with Gasteiger partial charge in [0.2, 0.25) is 0 Å². The Balaban J connectivity index is 1.59. The van der Waals surface area contributed by atoms with Crippen molar-refractivity contribution in [3.63, 3.8) is 0 Å². The van der Waals surface area contributed by atoms with Crippen LogP contribution in [0.5, 0.6) is 0 Å². The molecule has 1 heterocycles. The van der Waals surface area contributed by atoms with Crippen LogP contribution >= 0.6 is 0 Å². The normalized spacial score (nSPS) is 13.9. The minimum atomic E-state index is -0.363. The van der Waals surface area contributed by atoms with Crippen LogP contribution in [0.1, 0.15) is 51.8 Å². The number of nitrogens with zero attached hydrogens (tertiary/aromatic N) is 1. The summed E-state index contributed by atoms with van der Waals surface area (Å²) in [7, 11) is 0. The van der Waals surface area contributed by atoms with E-state index in [0.717, 1.165) is 11.1 Å². The summed E-state index contributed by atoms with van der Waals surface area (Å²) in [6.45, 7) is 6.01. The van der Waals surface area contributed by atoms with Crippen LogP contribution < -0.4 is 10.9 Å². The monoisotopic (exact) mass is 337 g/mol. The van der Waals surface area contributed by atoms with Crippen molar-refractivity contribution in [1.29, 1.82) is 0 Å². The van der Waals surface area contributed by atoms with E-state index in [1.54, 1.807) is 18.2 Å². The van der Waals surface area contributed by atoms with Gasteiger partial charge < -0.3 is 4.57 Å². The van der Waals surface area contributed by atoms with E-state index in [1.165, 1.54) is 30.3 Å². The average Bonchev–Trinajstić information content (AvgIpc) is 3.37. The van der Waals surface area contributed by atoms with Crippen LogP contribution in [0.2, 0.25) is 0 Å². The number of hydrogen-bond acceptors (Lipinski definition) is 2. The van der Waals surface area contributed by atoms with Crippen LogP contribution in [-0.2, 0) is 4.79 Å². The van der Waals surface area contributed by atoms with E-state index in [9.17, 15) is 9.59 Å². The van der Waals surface area contributed by atoms with Gasteiger partial charge >= 0.3 is 0 Å². The molecule has 1 aliphatic carbocycles. The summed E-state index contributed by atoms with van der Waals surface area (Å²) in [6, 6.07) is 9.93. The van der Waals surface area contributed by atoms with Crippen LogP contribution in [0.25, 0.3) is 6.08 Å². The van der Waals surface area contributed by atoms with Crippen molar-refractivity contribution >= 4 is 17.9 Å². The second-order valence-corrected chi connectivity index (χ2v) is 6.52. The third kappa shape index (κ3) is 3.82. The lowest BCUT2D eigenvalue weighted by Gasteiger charge is -2.07. The fraction of sp³-hybridized carbons (Fsp3) is 0.300. The van der Waals surface area contributed by atoms with Crippen molar-refractivity contribution in [2.45, 2.75) is 39.7 Å². The summed E-state index contributed by atoms with van der Waals surface area (Å²) >= 11 is 0. The number of carbonyl (C=O) groups is 2. The van der Waals surface area contributed by atoms with Gasteiger partial charge in [-0.2, -0.15) is 0 Å². The molecule has 130 valence electrons. The van der Waals surface area contributed by atoms with Crippen LogP contribution in [0.15, 0.2) is 36.4 Å². The number of amides is 2. The van der Waals surface area contributed by atoms with Gasteiger partial charge in [0.1, 0.15) is 0 Å². The molecule has 0 bridgehead atoms. The summed E-state index contributed by atoms with van der Waals surface area (Å²) in [6.07, 6.45) is 5.68. The lowest BCUT2D eigenvalue weighted by atomic mass is 10.1. The minimum absolute atomic E-state index is 0.327. The molecule has 25 heavy (non-hydrogen) atoms. The van der Waals surface area contributed by atoms with Gasteiger partial charge in [-0.3, -0.25) is 20.4 Å². The van der Waals surface area contributed by atoms with Crippen molar-refractivity contribution < 1.29 is 9.59 Å².